The fourth-order valence-electron chi connectivity index (χ4n) is 1.51. The molecule has 4 heteroatoms. The number of carboxylic acid groups (broad SMARTS) is 1. The molecule has 0 fully saturated rings. The van der Waals surface area contributed by atoms with Crippen molar-refractivity contribution >= 4 is 5.97 Å². The fraction of sp³-hybridized carbons (Fsp3) is 0.143. The van der Waals surface area contributed by atoms with Gasteiger partial charge in [-0.1, -0.05) is 6.07 Å². The Morgan fingerprint density at radius 1 is 1.11 bits per heavy atom. The van der Waals surface area contributed by atoms with Gasteiger partial charge in [0.2, 0.25) is 0 Å². The van der Waals surface area contributed by atoms with Crippen molar-refractivity contribution in [1.82, 2.24) is 4.98 Å². The topological polar surface area (TPSA) is 59.4 Å². The van der Waals surface area contributed by atoms with Crippen LogP contribution in [-0.4, -0.2) is 16.1 Å². The van der Waals surface area contributed by atoms with Gasteiger partial charge >= 0.3 is 5.97 Å². The van der Waals surface area contributed by atoms with E-state index in [2.05, 4.69) is 4.98 Å². The van der Waals surface area contributed by atoms with Crippen molar-refractivity contribution < 1.29 is 14.6 Å². The zero-order chi connectivity index (χ0) is 13.1. The zero-order valence-electron chi connectivity index (χ0n) is 10.2. The number of aryl methyl sites for hydroxylation is 2. The van der Waals surface area contributed by atoms with Gasteiger partial charge in [-0.05, 0) is 43.2 Å². The number of hydrogen-bond donors (Lipinski definition) is 1. The summed E-state index contributed by atoms with van der Waals surface area (Å²) in [6.07, 6.45) is 1.42. The van der Waals surface area contributed by atoms with Crippen LogP contribution < -0.4 is 4.74 Å². The third-order valence-electron chi connectivity index (χ3n) is 2.66. The van der Waals surface area contributed by atoms with Gasteiger partial charge in [-0.25, -0.2) is 9.78 Å². The van der Waals surface area contributed by atoms with Crippen LogP contribution in [0.1, 0.15) is 21.6 Å². The molecular formula is C14H13NO3. The van der Waals surface area contributed by atoms with Crippen molar-refractivity contribution in [3.05, 3.63) is 53.3 Å². The second kappa shape index (κ2) is 4.87. The van der Waals surface area contributed by atoms with E-state index in [1.54, 1.807) is 6.07 Å². The minimum Gasteiger partial charge on any atom is -0.477 e. The highest BCUT2D eigenvalue weighted by Gasteiger charge is 2.06. The Morgan fingerprint density at radius 3 is 2.50 bits per heavy atom. The number of aromatic nitrogens is 1. The summed E-state index contributed by atoms with van der Waals surface area (Å²) in [5, 5.41) is 8.84. The third-order valence-corrected chi connectivity index (χ3v) is 2.66. The quantitative estimate of drug-likeness (QED) is 0.899. The standard InChI is InChI=1S/C14H13NO3/c1-9-3-4-11(7-10(9)2)18-12-5-6-15-13(8-12)14(16)17/h3-8H,1-2H3,(H,16,17). The molecule has 1 aromatic heterocycles. The number of carboxylic acids is 1. The number of nitrogens with zero attached hydrogens (tertiary/aromatic N) is 1. The highest BCUT2D eigenvalue weighted by molar-refractivity contribution is 5.85. The van der Waals surface area contributed by atoms with Crippen LogP contribution in [0.4, 0.5) is 0 Å². The lowest BCUT2D eigenvalue weighted by atomic mass is 10.1. The van der Waals surface area contributed by atoms with Crippen LogP contribution in [0, 0.1) is 13.8 Å². The van der Waals surface area contributed by atoms with E-state index in [0.717, 1.165) is 5.56 Å². The largest absolute Gasteiger partial charge is 0.477 e. The molecule has 0 amide bonds. The van der Waals surface area contributed by atoms with Gasteiger partial charge in [0.1, 0.15) is 11.5 Å². The number of aromatic carboxylic acids is 1. The molecule has 0 radical (unpaired) electrons. The molecule has 0 saturated heterocycles. The molecule has 1 aromatic carbocycles. The van der Waals surface area contributed by atoms with Gasteiger partial charge < -0.3 is 9.84 Å². The van der Waals surface area contributed by atoms with E-state index < -0.39 is 5.97 Å². The van der Waals surface area contributed by atoms with Crippen LogP contribution >= 0.6 is 0 Å². The predicted molar refractivity (Wildman–Crippen MR) is 67.2 cm³/mol. The summed E-state index contributed by atoms with van der Waals surface area (Å²) < 4.78 is 5.60. The second-order valence-corrected chi connectivity index (χ2v) is 4.03. The molecule has 0 atom stereocenters. The van der Waals surface area contributed by atoms with Gasteiger partial charge in [0, 0.05) is 12.3 Å². The van der Waals surface area contributed by atoms with Crippen LogP contribution in [0.3, 0.4) is 0 Å². The highest BCUT2D eigenvalue weighted by Crippen LogP contribution is 2.23. The van der Waals surface area contributed by atoms with E-state index in [4.69, 9.17) is 9.84 Å². The molecule has 92 valence electrons. The van der Waals surface area contributed by atoms with Crippen LogP contribution in [0.25, 0.3) is 0 Å². The SMILES string of the molecule is Cc1ccc(Oc2ccnc(C(=O)O)c2)cc1C. The van der Waals surface area contributed by atoms with Crippen molar-refractivity contribution in [2.45, 2.75) is 13.8 Å². The van der Waals surface area contributed by atoms with Crippen LogP contribution in [0.2, 0.25) is 0 Å². The highest BCUT2D eigenvalue weighted by atomic mass is 16.5. The van der Waals surface area contributed by atoms with Gasteiger partial charge in [-0.15, -0.1) is 0 Å². The fourth-order valence-corrected chi connectivity index (χ4v) is 1.51. The maximum absolute atomic E-state index is 10.8. The zero-order valence-corrected chi connectivity index (χ0v) is 10.2. The second-order valence-electron chi connectivity index (χ2n) is 4.03. The summed E-state index contributed by atoms with van der Waals surface area (Å²) in [5.41, 5.74) is 2.28. The summed E-state index contributed by atoms with van der Waals surface area (Å²) in [6.45, 7) is 4.02. The van der Waals surface area contributed by atoms with Crippen molar-refractivity contribution in [3.63, 3.8) is 0 Å². The van der Waals surface area contributed by atoms with Gasteiger partial charge in [-0.3, -0.25) is 0 Å². The normalized spacial score (nSPS) is 10.1. The van der Waals surface area contributed by atoms with Gasteiger partial charge in [0.25, 0.3) is 0 Å². The van der Waals surface area contributed by atoms with Crippen molar-refractivity contribution in [2.75, 3.05) is 0 Å². The molecule has 0 saturated carbocycles. The Morgan fingerprint density at radius 2 is 1.83 bits per heavy atom. The van der Waals surface area contributed by atoms with E-state index in [-0.39, 0.29) is 5.69 Å². The van der Waals surface area contributed by atoms with E-state index in [1.165, 1.54) is 17.8 Å². The molecule has 2 aromatic rings. The maximum atomic E-state index is 10.8. The number of benzene rings is 1. The number of pyridine rings is 1. The molecule has 0 spiro atoms. The molecule has 0 bridgehead atoms. The molecule has 1 heterocycles. The minimum absolute atomic E-state index is 0.0312. The molecule has 0 unspecified atom stereocenters. The molecule has 2 rings (SSSR count). The van der Waals surface area contributed by atoms with Crippen molar-refractivity contribution in [3.8, 4) is 11.5 Å². The Labute approximate surface area is 105 Å². The molecule has 0 aliphatic heterocycles. The number of rotatable bonds is 3. The number of hydrogen-bond acceptors (Lipinski definition) is 3. The Hall–Kier alpha value is -2.36. The van der Waals surface area contributed by atoms with Crippen LogP contribution in [0.5, 0.6) is 11.5 Å². The molecular weight excluding hydrogens is 230 g/mol. The first kappa shape index (κ1) is 12.1. The minimum atomic E-state index is -1.07. The molecule has 0 aliphatic carbocycles. The first-order chi connectivity index (χ1) is 8.56. The lowest BCUT2D eigenvalue weighted by molar-refractivity contribution is 0.0690. The summed E-state index contributed by atoms with van der Waals surface area (Å²) in [7, 11) is 0. The first-order valence-corrected chi connectivity index (χ1v) is 5.51. The van der Waals surface area contributed by atoms with Gasteiger partial charge in [0.15, 0.2) is 5.69 Å². The predicted octanol–water partition coefficient (Wildman–Crippen LogP) is 3.19. The van der Waals surface area contributed by atoms with Crippen LogP contribution in [0.15, 0.2) is 36.5 Å². The van der Waals surface area contributed by atoms with E-state index in [9.17, 15) is 4.79 Å². The summed E-state index contributed by atoms with van der Waals surface area (Å²) >= 11 is 0. The van der Waals surface area contributed by atoms with E-state index in [0.29, 0.717) is 11.5 Å². The average Bonchev–Trinajstić information content (AvgIpc) is 2.34. The van der Waals surface area contributed by atoms with E-state index in [1.807, 2.05) is 32.0 Å². The van der Waals surface area contributed by atoms with E-state index >= 15 is 0 Å². The Bertz CT molecular complexity index is 593. The number of ether oxygens (including phenoxy) is 1. The summed E-state index contributed by atoms with van der Waals surface area (Å²) in [6, 6.07) is 8.75. The summed E-state index contributed by atoms with van der Waals surface area (Å²) in [4.78, 5) is 14.5. The molecule has 1 N–H and O–H groups in total. The molecule has 4 nitrogen and oxygen atoms in total. The monoisotopic (exact) mass is 243 g/mol. The molecule has 0 aliphatic rings. The maximum Gasteiger partial charge on any atom is 0.354 e. The number of carbonyl (C=O) groups is 1. The van der Waals surface area contributed by atoms with Gasteiger partial charge in [0.05, 0.1) is 0 Å². The Balaban J connectivity index is 2.25. The first-order valence-electron chi connectivity index (χ1n) is 5.51. The van der Waals surface area contributed by atoms with Crippen LogP contribution in [-0.2, 0) is 0 Å². The smallest absolute Gasteiger partial charge is 0.354 e. The third kappa shape index (κ3) is 2.66. The average molecular weight is 243 g/mol. The van der Waals surface area contributed by atoms with Crippen molar-refractivity contribution in [1.29, 1.82) is 0 Å². The summed E-state index contributed by atoms with van der Waals surface area (Å²) in [5.74, 6) is 0.0758. The lowest BCUT2D eigenvalue weighted by Gasteiger charge is -2.08. The Kier molecular flexibility index (Phi) is 3.28. The molecule has 18 heavy (non-hydrogen) atoms. The lowest BCUT2D eigenvalue weighted by Crippen LogP contribution is -1.99. The van der Waals surface area contributed by atoms with Gasteiger partial charge in [-0.2, -0.15) is 0 Å². The van der Waals surface area contributed by atoms with Crippen molar-refractivity contribution in [2.24, 2.45) is 0 Å².